The first-order chi connectivity index (χ1) is 16.2. The number of hydrogen-bond acceptors (Lipinski definition) is 3. The fraction of sp³-hybridized carbons (Fsp3) is 0.348. The lowest BCUT2D eigenvalue weighted by atomic mass is 10.0. The molecular formula is C23H23Cl2F3N2O4. The molecule has 0 aromatic heterocycles. The normalized spacial score (nSPS) is 12.8. The molecule has 34 heavy (non-hydrogen) atoms. The van der Waals surface area contributed by atoms with Crippen LogP contribution in [0.2, 0.25) is 11.5 Å². The van der Waals surface area contributed by atoms with Gasteiger partial charge in [0.05, 0.1) is 16.1 Å². The van der Waals surface area contributed by atoms with Crippen LogP contribution in [0.15, 0.2) is 42.5 Å². The van der Waals surface area contributed by atoms with E-state index in [1.54, 1.807) is 13.8 Å². The van der Waals surface area contributed by atoms with Crippen molar-refractivity contribution < 1.29 is 34.1 Å². The second-order valence-electron chi connectivity index (χ2n) is 7.95. The van der Waals surface area contributed by atoms with Gasteiger partial charge in [-0.15, -0.1) is 0 Å². The Labute approximate surface area is 206 Å². The molecule has 0 aliphatic heterocycles. The van der Waals surface area contributed by atoms with E-state index in [0.717, 1.165) is 12.1 Å². The Morgan fingerprint density at radius 1 is 1.12 bits per heavy atom. The monoisotopic (exact) mass is 519 g/mol. The minimum atomic E-state index is -4.50. The number of aryl methyl sites for hydroxylation is 1. The number of benzene rings is 2. The highest BCUT2D eigenvalue weighted by Crippen LogP contribution is 2.29. The molecule has 2 aromatic carbocycles. The molecule has 0 fully saturated rings. The molecular weight excluding hydrogens is 496 g/mol. The van der Waals surface area contributed by atoms with E-state index in [-0.39, 0.29) is 46.2 Å². The van der Waals surface area contributed by atoms with Crippen LogP contribution in [0.5, 0.6) is 0 Å². The fourth-order valence-corrected chi connectivity index (χ4v) is 3.45. The molecule has 2 N–H and O–H groups in total. The summed E-state index contributed by atoms with van der Waals surface area (Å²) in [5, 5.41) is 10.4. The highest BCUT2D eigenvalue weighted by Gasteiger charge is 2.34. The Morgan fingerprint density at radius 2 is 1.74 bits per heavy atom. The van der Waals surface area contributed by atoms with Crippen LogP contribution in [0.3, 0.4) is 0 Å². The quantitative estimate of drug-likeness (QED) is 0.443. The number of carbonyl (C=O) groups excluding carboxylic acids is 2. The minimum Gasteiger partial charge on any atom is -0.480 e. The summed E-state index contributed by atoms with van der Waals surface area (Å²) < 4.78 is 46.5. The summed E-state index contributed by atoms with van der Waals surface area (Å²) in [6, 6.07) is 6.54. The van der Waals surface area contributed by atoms with E-state index in [4.69, 9.17) is 24.6 Å². The van der Waals surface area contributed by atoms with Crippen LogP contribution in [0, 0.1) is 5.92 Å². The third kappa shape index (κ3) is 7.63. The van der Waals surface area contributed by atoms with Crippen LogP contribution in [-0.2, 0) is 22.2 Å². The van der Waals surface area contributed by atoms with Crippen molar-refractivity contribution in [1.82, 2.24) is 10.4 Å². The molecule has 0 radical (unpaired) electrons. The number of hydrogen-bond donors (Lipinski definition) is 2. The molecule has 11 heteroatoms. The van der Waals surface area contributed by atoms with Gasteiger partial charge in [0.2, 0.25) is 5.91 Å². The van der Waals surface area contributed by atoms with Gasteiger partial charge in [-0.3, -0.25) is 15.0 Å². The zero-order chi connectivity index (χ0) is 26.5. The second-order valence-corrected chi connectivity index (χ2v) is 8.79. The Bertz CT molecular complexity index is 1080. The SMILES string of the molecule is [2H]N(C(=O)CCc1ccc(C(F)(F)F)cc1)N(C(=O)c1cc(Cl)ccc1Cl)[C@@H](CC(C)C)C(=O)O. The van der Waals surface area contributed by atoms with Gasteiger partial charge in [0.15, 0.2) is 7.45 Å². The number of nitrogens with zero attached hydrogens (tertiary/aromatic N) is 1. The topological polar surface area (TPSA) is 86.7 Å². The van der Waals surface area contributed by atoms with Gasteiger partial charge in [-0.1, -0.05) is 49.2 Å². The molecule has 184 valence electrons. The first-order valence-corrected chi connectivity index (χ1v) is 11.0. The Hall–Kier alpha value is -2.78. The average molecular weight is 520 g/mol. The van der Waals surface area contributed by atoms with Crippen LogP contribution in [0.4, 0.5) is 13.2 Å². The summed E-state index contributed by atoms with van der Waals surface area (Å²) in [6.45, 7) is 3.43. The molecule has 2 rings (SSSR count). The van der Waals surface area contributed by atoms with Crippen molar-refractivity contribution >= 4 is 41.0 Å². The molecule has 6 nitrogen and oxygen atoms in total. The van der Waals surface area contributed by atoms with Crippen LogP contribution in [-0.4, -0.2) is 33.9 Å². The molecule has 0 saturated carbocycles. The highest BCUT2D eigenvalue weighted by atomic mass is 35.5. The maximum atomic E-state index is 13.3. The average Bonchev–Trinajstić information content (AvgIpc) is 2.77. The van der Waals surface area contributed by atoms with E-state index in [1.165, 1.54) is 30.3 Å². The molecule has 0 aliphatic rings. The van der Waals surface area contributed by atoms with Crippen molar-refractivity contribution in [2.45, 2.75) is 45.3 Å². The number of carboxylic acids is 1. The molecule has 2 amide bonds. The van der Waals surface area contributed by atoms with Crippen LogP contribution < -0.4 is 5.42 Å². The summed E-state index contributed by atoms with van der Waals surface area (Å²) in [5.41, 5.74) is -0.470. The van der Waals surface area contributed by atoms with Crippen LogP contribution in [0.25, 0.3) is 0 Å². The Kier molecular flexibility index (Phi) is 8.79. The Balaban J connectivity index is 2.32. The summed E-state index contributed by atoms with van der Waals surface area (Å²) in [5.74, 6) is -3.59. The predicted molar refractivity (Wildman–Crippen MR) is 121 cm³/mol. The van der Waals surface area contributed by atoms with Gasteiger partial charge >= 0.3 is 12.1 Å². The number of carbonyl (C=O) groups is 3. The lowest BCUT2D eigenvalue weighted by molar-refractivity contribution is -0.145. The summed E-state index contributed by atoms with van der Waals surface area (Å²) in [6.07, 6.45) is -4.97. The number of nitrogens with one attached hydrogen (secondary N) is 1. The number of hydrazine groups is 1. The standard InChI is InChI=1S/C23H23Cl2F3N2O4/c1-13(2)11-19(22(33)34)30(21(32)17-12-16(24)8-9-18(17)25)29-20(31)10-5-14-3-6-15(7-4-14)23(26,27)28/h3-4,6-9,12-13,19H,5,10-11H2,1-2H3,(H,29,31)(H,33,34)/t19-/m0/s1/i/hD. The number of carboxylic acid groups (broad SMARTS) is 1. The zero-order valence-electron chi connectivity index (χ0n) is 19.3. The Morgan fingerprint density at radius 3 is 2.26 bits per heavy atom. The fourth-order valence-electron chi connectivity index (χ4n) is 3.08. The smallest absolute Gasteiger partial charge is 0.416 e. The lowest BCUT2D eigenvalue weighted by Crippen LogP contribution is -2.55. The van der Waals surface area contributed by atoms with Gasteiger partial charge in [-0.25, -0.2) is 9.80 Å². The third-order valence-electron chi connectivity index (χ3n) is 4.77. The van der Waals surface area contributed by atoms with Gasteiger partial charge in [0.1, 0.15) is 0 Å². The van der Waals surface area contributed by atoms with Crippen molar-refractivity contribution in [3.8, 4) is 0 Å². The molecule has 0 spiro atoms. The van der Waals surface area contributed by atoms with Gasteiger partial charge in [0.25, 0.3) is 5.91 Å². The first kappa shape index (κ1) is 25.8. The molecule has 0 aliphatic carbocycles. The second kappa shape index (κ2) is 11.6. The van der Waals surface area contributed by atoms with Crippen molar-refractivity contribution in [3.05, 3.63) is 69.2 Å². The highest BCUT2D eigenvalue weighted by molar-refractivity contribution is 6.35. The summed E-state index contributed by atoms with van der Waals surface area (Å²) in [4.78, 5) is 38.1. The molecule has 1 atom stereocenters. The van der Waals surface area contributed by atoms with E-state index in [9.17, 15) is 32.7 Å². The van der Waals surface area contributed by atoms with E-state index in [0.29, 0.717) is 10.6 Å². The number of halogens is 5. The van der Waals surface area contributed by atoms with E-state index in [2.05, 4.69) is 0 Å². The summed E-state index contributed by atoms with van der Waals surface area (Å²) >= 11 is 12.0. The first-order valence-electron chi connectivity index (χ1n) is 10.7. The van der Waals surface area contributed by atoms with Crippen LogP contribution in [0.1, 0.15) is 48.2 Å². The largest absolute Gasteiger partial charge is 0.480 e. The van der Waals surface area contributed by atoms with Crippen molar-refractivity contribution in [2.75, 3.05) is 0 Å². The predicted octanol–water partition coefficient (Wildman–Crippen LogP) is 5.62. The molecule has 0 bridgehead atoms. The van der Waals surface area contributed by atoms with Crippen molar-refractivity contribution in [2.24, 2.45) is 5.92 Å². The number of alkyl halides is 3. The maximum absolute atomic E-state index is 13.3. The van der Waals surface area contributed by atoms with Crippen LogP contribution >= 0.6 is 23.2 Å². The van der Waals surface area contributed by atoms with Gasteiger partial charge in [-0.05, 0) is 54.7 Å². The van der Waals surface area contributed by atoms with Crippen molar-refractivity contribution in [3.63, 3.8) is 0 Å². The van der Waals surface area contributed by atoms with Gasteiger partial charge in [-0.2, -0.15) is 13.2 Å². The zero-order valence-corrected chi connectivity index (χ0v) is 19.8. The van der Waals surface area contributed by atoms with E-state index >= 15 is 0 Å². The number of amides is 2. The van der Waals surface area contributed by atoms with E-state index in [1.807, 2.05) is 0 Å². The maximum Gasteiger partial charge on any atom is 0.416 e. The number of rotatable bonds is 8. The third-order valence-corrected chi connectivity index (χ3v) is 5.33. The summed E-state index contributed by atoms with van der Waals surface area (Å²) in [7, 11) is 0. The molecule has 2 aromatic rings. The van der Waals surface area contributed by atoms with Gasteiger partial charge < -0.3 is 5.11 Å². The molecule has 0 heterocycles. The minimum absolute atomic E-state index is 0.0335. The molecule has 0 saturated heterocycles. The van der Waals surface area contributed by atoms with E-state index < -0.39 is 35.6 Å². The van der Waals surface area contributed by atoms with Gasteiger partial charge in [0, 0.05) is 11.4 Å². The van der Waals surface area contributed by atoms with Crippen molar-refractivity contribution in [1.29, 1.82) is 0 Å². The molecule has 0 unspecified atom stereocenters. The number of aliphatic carboxylic acids is 1. The lowest BCUT2D eigenvalue weighted by Gasteiger charge is -2.30.